The molecule has 0 spiro atoms. The first-order valence-electron chi connectivity index (χ1n) is 6.30. The number of benzene rings is 1. The van der Waals surface area contributed by atoms with Gasteiger partial charge in [-0.3, -0.25) is 9.78 Å². The van der Waals surface area contributed by atoms with Gasteiger partial charge in [0.1, 0.15) is 17.4 Å². The van der Waals surface area contributed by atoms with E-state index >= 15 is 0 Å². The Kier molecular flexibility index (Phi) is 5.12. The van der Waals surface area contributed by atoms with Crippen molar-refractivity contribution in [2.45, 2.75) is 0 Å². The van der Waals surface area contributed by atoms with E-state index in [4.69, 9.17) is 16.3 Å². The maximum atomic E-state index is 12.1. The van der Waals surface area contributed by atoms with Gasteiger partial charge in [-0.25, -0.2) is 0 Å². The molecule has 0 fully saturated rings. The molecule has 2 rings (SSSR count). The summed E-state index contributed by atoms with van der Waals surface area (Å²) >= 11 is 5.93. The van der Waals surface area contributed by atoms with Crippen molar-refractivity contribution in [1.29, 1.82) is 5.26 Å². The predicted octanol–water partition coefficient (Wildman–Crippen LogP) is 3.29. The van der Waals surface area contributed by atoms with Crippen LogP contribution >= 0.6 is 11.6 Å². The molecule has 0 unspecified atom stereocenters. The zero-order valence-electron chi connectivity index (χ0n) is 11.7. The van der Waals surface area contributed by atoms with Crippen LogP contribution in [0.25, 0.3) is 6.08 Å². The molecule has 0 aliphatic heterocycles. The Morgan fingerprint density at radius 1 is 1.45 bits per heavy atom. The van der Waals surface area contributed by atoms with Crippen molar-refractivity contribution in [3.63, 3.8) is 0 Å². The van der Waals surface area contributed by atoms with Gasteiger partial charge in [0.25, 0.3) is 5.91 Å². The van der Waals surface area contributed by atoms with Gasteiger partial charge in [-0.15, -0.1) is 0 Å². The molecule has 0 saturated carbocycles. The van der Waals surface area contributed by atoms with Gasteiger partial charge in [-0.1, -0.05) is 11.6 Å². The van der Waals surface area contributed by atoms with Crippen LogP contribution in [-0.4, -0.2) is 18.0 Å². The molecule has 22 heavy (non-hydrogen) atoms. The van der Waals surface area contributed by atoms with Crippen LogP contribution in [-0.2, 0) is 4.79 Å². The van der Waals surface area contributed by atoms with Crippen molar-refractivity contribution in [2.24, 2.45) is 0 Å². The number of methoxy groups -OCH3 is 1. The highest BCUT2D eigenvalue weighted by Crippen LogP contribution is 2.25. The van der Waals surface area contributed by atoms with Gasteiger partial charge in [0, 0.05) is 16.8 Å². The zero-order valence-corrected chi connectivity index (χ0v) is 12.5. The molecule has 110 valence electrons. The molecule has 1 amide bonds. The smallest absolute Gasteiger partial charge is 0.266 e. The molecule has 0 aliphatic rings. The molecule has 0 aliphatic carbocycles. The van der Waals surface area contributed by atoms with Crippen LogP contribution in [0, 0.1) is 11.3 Å². The highest BCUT2D eigenvalue weighted by atomic mass is 35.5. The summed E-state index contributed by atoms with van der Waals surface area (Å²) in [6.07, 6.45) is 4.51. The summed E-state index contributed by atoms with van der Waals surface area (Å²) in [4.78, 5) is 16.0. The third-order valence-electron chi connectivity index (χ3n) is 2.78. The quantitative estimate of drug-likeness (QED) is 0.694. The second-order valence-corrected chi connectivity index (χ2v) is 4.69. The molecule has 0 atom stereocenters. The van der Waals surface area contributed by atoms with Gasteiger partial charge in [-0.2, -0.15) is 5.26 Å². The van der Waals surface area contributed by atoms with Gasteiger partial charge < -0.3 is 10.1 Å². The first-order valence-corrected chi connectivity index (χ1v) is 6.68. The Morgan fingerprint density at radius 3 is 2.91 bits per heavy atom. The number of nitriles is 1. The number of halogens is 1. The van der Waals surface area contributed by atoms with Crippen LogP contribution in [0.5, 0.6) is 5.75 Å². The maximum absolute atomic E-state index is 12.1. The number of nitrogens with zero attached hydrogens (tertiary/aromatic N) is 2. The first kappa shape index (κ1) is 15.5. The average molecular weight is 314 g/mol. The zero-order chi connectivity index (χ0) is 15.9. The molecule has 0 bridgehead atoms. The van der Waals surface area contributed by atoms with Crippen LogP contribution in [0.4, 0.5) is 5.69 Å². The molecule has 5 nitrogen and oxygen atoms in total. The van der Waals surface area contributed by atoms with E-state index in [0.29, 0.717) is 22.0 Å². The lowest BCUT2D eigenvalue weighted by Gasteiger charge is -2.07. The van der Waals surface area contributed by atoms with Crippen molar-refractivity contribution in [2.75, 3.05) is 12.4 Å². The summed E-state index contributed by atoms with van der Waals surface area (Å²) in [5.74, 6) is -0.0103. The number of hydrogen-bond acceptors (Lipinski definition) is 4. The van der Waals surface area contributed by atoms with Crippen molar-refractivity contribution in [1.82, 2.24) is 4.98 Å². The van der Waals surface area contributed by atoms with Crippen LogP contribution in [0.2, 0.25) is 5.02 Å². The molecule has 1 aromatic carbocycles. The van der Waals surface area contributed by atoms with Crippen LogP contribution < -0.4 is 10.1 Å². The number of anilines is 1. The minimum atomic E-state index is -0.530. The molecule has 0 saturated heterocycles. The van der Waals surface area contributed by atoms with E-state index in [-0.39, 0.29) is 5.57 Å². The fraction of sp³-hybridized carbons (Fsp3) is 0.0625. The number of amides is 1. The summed E-state index contributed by atoms with van der Waals surface area (Å²) in [6, 6.07) is 10.2. The molecule has 1 aromatic heterocycles. The van der Waals surface area contributed by atoms with Gasteiger partial charge in [-0.05, 0) is 36.4 Å². The topological polar surface area (TPSA) is 75.0 Å². The highest BCUT2D eigenvalue weighted by molar-refractivity contribution is 6.30. The Labute approximate surface area is 132 Å². The van der Waals surface area contributed by atoms with E-state index in [2.05, 4.69) is 10.3 Å². The van der Waals surface area contributed by atoms with Crippen molar-refractivity contribution >= 4 is 29.3 Å². The van der Waals surface area contributed by atoms with Crippen molar-refractivity contribution in [3.05, 3.63) is 58.9 Å². The Bertz CT molecular complexity index is 752. The Balaban J connectivity index is 2.30. The number of carbonyl (C=O) groups is 1. The lowest BCUT2D eigenvalue weighted by Crippen LogP contribution is -2.13. The molecule has 0 radical (unpaired) electrons. The first-order chi connectivity index (χ1) is 10.6. The number of carbonyl (C=O) groups excluding carboxylic acids is 1. The number of nitrogens with one attached hydrogen (secondary N) is 1. The Morgan fingerprint density at radius 2 is 2.27 bits per heavy atom. The fourth-order valence-electron chi connectivity index (χ4n) is 1.76. The minimum Gasteiger partial charge on any atom is -0.496 e. The molecule has 1 N–H and O–H groups in total. The fourth-order valence-corrected chi connectivity index (χ4v) is 1.94. The normalized spacial score (nSPS) is 10.7. The largest absolute Gasteiger partial charge is 0.496 e. The van der Waals surface area contributed by atoms with Crippen molar-refractivity contribution in [3.8, 4) is 11.8 Å². The summed E-state index contributed by atoms with van der Waals surface area (Å²) in [5, 5.41) is 12.3. The van der Waals surface area contributed by atoms with Crippen LogP contribution in [0.15, 0.2) is 48.3 Å². The predicted molar refractivity (Wildman–Crippen MR) is 84.5 cm³/mol. The van der Waals surface area contributed by atoms with Crippen LogP contribution in [0.1, 0.15) is 5.56 Å². The second kappa shape index (κ2) is 7.25. The standard InChI is InChI=1S/C16H12ClN3O2/c1-22-15-5-4-13(17)8-11(15)7-12(9-18)16(21)20-14-3-2-6-19-10-14/h2-8,10H,1H3,(H,20,21)/b12-7+. The van der Waals surface area contributed by atoms with Gasteiger partial charge in [0.15, 0.2) is 0 Å². The second-order valence-electron chi connectivity index (χ2n) is 4.25. The Hall–Kier alpha value is -2.84. The average Bonchev–Trinajstić information content (AvgIpc) is 2.53. The SMILES string of the molecule is COc1ccc(Cl)cc1/C=C(\C#N)C(=O)Nc1cccnc1. The van der Waals surface area contributed by atoms with Gasteiger partial charge in [0.05, 0.1) is 19.0 Å². The van der Waals surface area contributed by atoms with Gasteiger partial charge >= 0.3 is 0 Å². The molecular formula is C16H12ClN3O2. The number of ether oxygens (including phenoxy) is 1. The summed E-state index contributed by atoms with van der Waals surface area (Å²) in [6.45, 7) is 0. The lowest BCUT2D eigenvalue weighted by molar-refractivity contribution is -0.112. The minimum absolute atomic E-state index is 0.0654. The monoisotopic (exact) mass is 313 g/mol. The lowest BCUT2D eigenvalue weighted by atomic mass is 10.1. The van der Waals surface area contributed by atoms with E-state index in [1.54, 1.807) is 36.5 Å². The van der Waals surface area contributed by atoms with E-state index < -0.39 is 5.91 Å². The maximum Gasteiger partial charge on any atom is 0.266 e. The molecule has 2 aromatic rings. The van der Waals surface area contributed by atoms with E-state index in [0.717, 1.165) is 0 Å². The number of aromatic nitrogens is 1. The third kappa shape index (κ3) is 3.84. The summed E-state index contributed by atoms with van der Waals surface area (Å²) in [7, 11) is 1.50. The van der Waals surface area contributed by atoms with Gasteiger partial charge in [0.2, 0.25) is 0 Å². The highest BCUT2D eigenvalue weighted by Gasteiger charge is 2.11. The summed E-state index contributed by atoms with van der Waals surface area (Å²) < 4.78 is 5.19. The van der Waals surface area contributed by atoms with E-state index in [1.165, 1.54) is 19.4 Å². The third-order valence-corrected chi connectivity index (χ3v) is 3.01. The molecular weight excluding hydrogens is 302 g/mol. The number of pyridine rings is 1. The van der Waals surface area contributed by atoms with Crippen LogP contribution in [0.3, 0.4) is 0 Å². The number of hydrogen-bond donors (Lipinski definition) is 1. The van der Waals surface area contributed by atoms with E-state index in [1.807, 2.05) is 6.07 Å². The molecule has 6 heteroatoms. The van der Waals surface area contributed by atoms with Crippen molar-refractivity contribution < 1.29 is 9.53 Å². The molecule has 1 heterocycles. The summed E-state index contributed by atoms with van der Waals surface area (Å²) in [5.41, 5.74) is 0.990. The van der Waals surface area contributed by atoms with E-state index in [9.17, 15) is 10.1 Å². The number of rotatable bonds is 4.